The average Bonchev–Trinajstić information content (AvgIpc) is 2.87. The molecule has 0 spiro atoms. The first kappa shape index (κ1) is 22.9. The van der Waals surface area contributed by atoms with Gasteiger partial charge < -0.3 is 24.8 Å². The summed E-state index contributed by atoms with van der Waals surface area (Å²) in [6.45, 7) is 1.76. The summed E-state index contributed by atoms with van der Waals surface area (Å²) in [6.07, 6.45) is 4.66. The van der Waals surface area contributed by atoms with Crippen molar-refractivity contribution in [3.63, 3.8) is 0 Å². The Morgan fingerprint density at radius 3 is 2.55 bits per heavy atom. The maximum Gasteiger partial charge on any atom is 0.251 e. The van der Waals surface area contributed by atoms with Crippen molar-refractivity contribution in [2.45, 2.75) is 31.7 Å². The van der Waals surface area contributed by atoms with E-state index in [1.54, 1.807) is 21.3 Å². The minimum Gasteiger partial charge on any atom is -0.493 e. The van der Waals surface area contributed by atoms with Crippen molar-refractivity contribution in [2.75, 3.05) is 34.4 Å². The van der Waals surface area contributed by atoms with Crippen LogP contribution in [0.15, 0.2) is 48.5 Å². The van der Waals surface area contributed by atoms with Crippen LogP contribution in [0.5, 0.6) is 17.2 Å². The lowest BCUT2D eigenvalue weighted by Gasteiger charge is -2.23. The number of carbonyl (C=O) groups is 1. The standard InChI is InChI=1S/C27H32N2O4/c1-31-24-13-12-23(25(32-2)26(24)33-3)22-9-6-7-18-17-19(10-11-21(18)22)27(30)29-16-14-20-8-4-5-15-28-20/h6-7,9-13,17,20,28H,4-5,8,14-16H2,1-3H3,(H,29,30). The van der Waals surface area contributed by atoms with Crippen LogP contribution in [0.25, 0.3) is 21.9 Å². The van der Waals surface area contributed by atoms with Crippen molar-refractivity contribution in [3.8, 4) is 28.4 Å². The predicted molar refractivity (Wildman–Crippen MR) is 132 cm³/mol. The molecule has 0 saturated carbocycles. The van der Waals surface area contributed by atoms with Gasteiger partial charge in [0.05, 0.1) is 21.3 Å². The maximum atomic E-state index is 12.8. The summed E-state index contributed by atoms with van der Waals surface area (Å²) in [6, 6.07) is 16.2. The first-order valence-electron chi connectivity index (χ1n) is 11.5. The fourth-order valence-electron chi connectivity index (χ4n) is 4.61. The maximum absolute atomic E-state index is 12.8. The fraction of sp³-hybridized carbons (Fsp3) is 0.370. The van der Waals surface area contributed by atoms with E-state index in [9.17, 15) is 4.79 Å². The molecule has 3 aromatic rings. The summed E-state index contributed by atoms with van der Waals surface area (Å²) in [4.78, 5) is 12.8. The summed E-state index contributed by atoms with van der Waals surface area (Å²) in [5.74, 6) is 1.74. The second-order valence-electron chi connectivity index (χ2n) is 8.31. The quantitative estimate of drug-likeness (QED) is 0.518. The Kier molecular flexibility index (Phi) is 7.35. The zero-order chi connectivity index (χ0) is 23.2. The summed E-state index contributed by atoms with van der Waals surface area (Å²) >= 11 is 0. The first-order chi connectivity index (χ1) is 16.2. The van der Waals surface area contributed by atoms with E-state index in [0.29, 0.717) is 35.4 Å². The SMILES string of the molecule is COc1ccc(-c2cccc3cc(C(=O)NCCC4CCCCN4)ccc23)c(OC)c1OC. The van der Waals surface area contributed by atoms with E-state index < -0.39 is 0 Å². The molecule has 0 aromatic heterocycles. The zero-order valence-electron chi connectivity index (χ0n) is 19.6. The van der Waals surface area contributed by atoms with E-state index in [0.717, 1.165) is 34.9 Å². The first-order valence-corrected chi connectivity index (χ1v) is 11.5. The van der Waals surface area contributed by atoms with Gasteiger partial charge in [-0.15, -0.1) is 0 Å². The minimum atomic E-state index is -0.0400. The Balaban J connectivity index is 1.58. The molecule has 1 amide bonds. The van der Waals surface area contributed by atoms with Crippen LogP contribution >= 0.6 is 0 Å². The van der Waals surface area contributed by atoms with Gasteiger partial charge in [0.15, 0.2) is 11.5 Å². The average molecular weight is 449 g/mol. The van der Waals surface area contributed by atoms with Crippen molar-refractivity contribution in [2.24, 2.45) is 0 Å². The molecule has 1 unspecified atom stereocenters. The van der Waals surface area contributed by atoms with Crippen LogP contribution < -0.4 is 24.8 Å². The number of hydrogen-bond donors (Lipinski definition) is 2. The summed E-state index contributed by atoms with van der Waals surface area (Å²) in [5.41, 5.74) is 2.56. The molecule has 1 atom stereocenters. The van der Waals surface area contributed by atoms with E-state index in [1.807, 2.05) is 48.5 Å². The summed E-state index contributed by atoms with van der Waals surface area (Å²) < 4.78 is 16.7. The van der Waals surface area contributed by atoms with Crippen LogP contribution in [0.4, 0.5) is 0 Å². The summed E-state index contributed by atoms with van der Waals surface area (Å²) in [7, 11) is 4.83. The lowest BCUT2D eigenvalue weighted by Crippen LogP contribution is -2.37. The van der Waals surface area contributed by atoms with Crippen molar-refractivity contribution < 1.29 is 19.0 Å². The minimum absolute atomic E-state index is 0.0400. The number of benzene rings is 3. The topological polar surface area (TPSA) is 68.8 Å². The number of nitrogens with one attached hydrogen (secondary N) is 2. The van der Waals surface area contributed by atoms with Gasteiger partial charge >= 0.3 is 0 Å². The molecule has 1 fully saturated rings. The number of ether oxygens (including phenoxy) is 3. The molecule has 3 aromatic carbocycles. The molecule has 174 valence electrons. The van der Waals surface area contributed by atoms with Crippen LogP contribution in [-0.2, 0) is 0 Å². The Bertz CT molecular complexity index is 1120. The molecule has 0 aliphatic carbocycles. The van der Waals surface area contributed by atoms with Crippen molar-refractivity contribution >= 4 is 16.7 Å². The molecule has 1 aliphatic heterocycles. The highest BCUT2D eigenvalue weighted by molar-refractivity contribution is 6.03. The molecule has 33 heavy (non-hydrogen) atoms. The van der Waals surface area contributed by atoms with Gasteiger partial charge in [-0.3, -0.25) is 4.79 Å². The van der Waals surface area contributed by atoms with Gasteiger partial charge in [-0.2, -0.15) is 0 Å². The molecule has 6 heteroatoms. The monoisotopic (exact) mass is 448 g/mol. The number of fused-ring (bicyclic) bond motifs is 1. The van der Waals surface area contributed by atoms with E-state index in [-0.39, 0.29) is 5.91 Å². The van der Waals surface area contributed by atoms with Crippen LogP contribution in [0.1, 0.15) is 36.0 Å². The number of carbonyl (C=O) groups excluding carboxylic acids is 1. The highest BCUT2D eigenvalue weighted by Gasteiger charge is 2.19. The van der Waals surface area contributed by atoms with Gasteiger partial charge in [0.1, 0.15) is 0 Å². The zero-order valence-corrected chi connectivity index (χ0v) is 19.6. The van der Waals surface area contributed by atoms with E-state index in [4.69, 9.17) is 14.2 Å². The van der Waals surface area contributed by atoms with Crippen LogP contribution in [0.3, 0.4) is 0 Å². The van der Waals surface area contributed by atoms with Crippen molar-refractivity contribution in [3.05, 3.63) is 54.1 Å². The largest absolute Gasteiger partial charge is 0.493 e. The normalized spacial score (nSPS) is 15.8. The predicted octanol–water partition coefficient (Wildman–Crippen LogP) is 4.79. The molecule has 1 heterocycles. The number of hydrogen-bond acceptors (Lipinski definition) is 5. The van der Waals surface area contributed by atoms with Crippen LogP contribution in [0, 0.1) is 0 Å². The molecule has 6 nitrogen and oxygen atoms in total. The molecule has 0 radical (unpaired) electrons. The smallest absolute Gasteiger partial charge is 0.251 e. The number of amides is 1. The Morgan fingerprint density at radius 1 is 0.970 bits per heavy atom. The van der Waals surface area contributed by atoms with Crippen LogP contribution in [-0.4, -0.2) is 46.4 Å². The van der Waals surface area contributed by atoms with Gasteiger partial charge in [0.2, 0.25) is 5.75 Å². The lowest BCUT2D eigenvalue weighted by atomic mass is 9.95. The van der Waals surface area contributed by atoms with Crippen molar-refractivity contribution in [1.29, 1.82) is 0 Å². The van der Waals surface area contributed by atoms with Gasteiger partial charge in [-0.05, 0) is 66.4 Å². The third kappa shape index (κ3) is 4.91. The van der Waals surface area contributed by atoms with E-state index in [2.05, 4.69) is 10.6 Å². The Labute approximate surface area is 195 Å². The van der Waals surface area contributed by atoms with Gasteiger partial charge in [-0.1, -0.05) is 30.7 Å². The molecule has 4 rings (SSSR count). The fourth-order valence-corrected chi connectivity index (χ4v) is 4.61. The van der Waals surface area contributed by atoms with E-state index >= 15 is 0 Å². The molecular formula is C27H32N2O4. The third-order valence-corrected chi connectivity index (χ3v) is 6.33. The molecule has 1 aliphatic rings. The number of methoxy groups -OCH3 is 3. The summed E-state index contributed by atoms with van der Waals surface area (Å²) in [5, 5.41) is 8.62. The number of rotatable bonds is 8. The molecule has 2 N–H and O–H groups in total. The second-order valence-corrected chi connectivity index (χ2v) is 8.31. The highest BCUT2D eigenvalue weighted by Crippen LogP contribution is 2.45. The lowest BCUT2D eigenvalue weighted by molar-refractivity contribution is 0.0951. The van der Waals surface area contributed by atoms with Gasteiger partial charge in [-0.25, -0.2) is 0 Å². The molecular weight excluding hydrogens is 416 g/mol. The van der Waals surface area contributed by atoms with E-state index in [1.165, 1.54) is 19.3 Å². The van der Waals surface area contributed by atoms with Gasteiger partial charge in [0, 0.05) is 23.7 Å². The highest BCUT2D eigenvalue weighted by atomic mass is 16.5. The Morgan fingerprint density at radius 2 is 1.82 bits per heavy atom. The van der Waals surface area contributed by atoms with Gasteiger partial charge in [0.25, 0.3) is 5.91 Å². The Hall–Kier alpha value is -3.25. The van der Waals surface area contributed by atoms with Crippen LogP contribution in [0.2, 0.25) is 0 Å². The van der Waals surface area contributed by atoms with Crippen molar-refractivity contribution in [1.82, 2.24) is 10.6 Å². The molecule has 0 bridgehead atoms. The third-order valence-electron chi connectivity index (χ3n) is 6.33. The molecule has 1 saturated heterocycles. The number of piperidine rings is 1. The second kappa shape index (κ2) is 10.6.